The minimum absolute atomic E-state index is 0.0351. The molecule has 0 saturated heterocycles. The lowest BCUT2D eigenvalue weighted by atomic mass is 9.77. The van der Waals surface area contributed by atoms with Crippen LogP contribution in [0.3, 0.4) is 0 Å². The summed E-state index contributed by atoms with van der Waals surface area (Å²) in [5, 5.41) is 0. The molecular formula is C17H22O5. The van der Waals surface area contributed by atoms with Crippen LogP contribution in [0.4, 0.5) is 0 Å². The van der Waals surface area contributed by atoms with Gasteiger partial charge in [-0.1, -0.05) is 25.5 Å². The third-order valence-electron chi connectivity index (χ3n) is 3.63. The molecule has 1 atom stereocenters. The molecule has 0 fully saturated rings. The Balaban J connectivity index is 2.78. The summed E-state index contributed by atoms with van der Waals surface area (Å²) >= 11 is 0. The van der Waals surface area contributed by atoms with Gasteiger partial charge in [0.25, 0.3) is 0 Å². The number of hydrogen-bond acceptors (Lipinski definition) is 5. The van der Waals surface area contributed by atoms with Gasteiger partial charge in [-0.25, -0.2) is 4.79 Å². The molecule has 0 spiro atoms. The van der Waals surface area contributed by atoms with E-state index in [2.05, 4.69) is 0 Å². The van der Waals surface area contributed by atoms with Crippen LogP contribution in [0.1, 0.15) is 34.6 Å². The van der Waals surface area contributed by atoms with Crippen LogP contribution < -0.4 is 0 Å². The van der Waals surface area contributed by atoms with E-state index >= 15 is 0 Å². The van der Waals surface area contributed by atoms with E-state index in [1.165, 1.54) is 13.0 Å². The lowest BCUT2D eigenvalue weighted by molar-refractivity contribution is -0.141. The standard InChI is InChI=1S/C17H22O5/c1-11(10-21-13(3)19)8-16(20)22-15-6-7-17(4,5)12(2)14(15)9-18/h6-9,15H,10H2,1-5H3/t15-/m0/s1. The Morgan fingerprint density at radius 2 is 1.95 bits per heavy atom. The van der Waals surface area contributed by atoms with E-state index in [0.717, 1.165) is 11.9 Å². The molecule has 0 radical (unpaired) electrons. The molecule has 0 N–H and O–H groups in total. The molecule has 0 heterocycles. The lowest BCUT2D eigenvalue weighted by Crippen LogP contribution is -2.27. The Bertz CT molecular complexity index is 564. The number of esters is 2. The molecule has 5 heteroatoms. The number of ether oxygens (including phenoxy) is 2. The fourth-order valence-electron chi connectivity index (χ4n) is 2.02. The summed E-state index contributed by atoms with van der Waals surface area (Å²) in [6.45, 7) is 8.83. The highest BCUT2D eigenvalue weighted by Gasteiger charge is 2.29. The summed E-state index contributed by atoms with van der Waals surface area (Å²) in [4.78, 5) is 33.9. The minimum Gasteiger partial charge on any atom is -0.461 e. The van der Waals surface area contributed by atoms with Crippen LogP contribution in [0.15, 0.2) is 34.9 Å². The van der Waals surface area contributed by atoms with Gasteiger partial charge in [0.05, 0.1) is 0 Å². The van der Waals surface area contributed by atoms with Gasteiger partial charge >= 0.3 is 11.9 Å². The van der Waals surface area contributed by atoms with Crippen LogP contribution in [0.5, 0.6) is 0 Å². The monoisotopic (exact) mass is 306 g/mol. The van der Waals surface area contributed by atoms with Gasteiger partial charge < -0.3 is 9.47 Å². The Labute approximate surface area is 130 Å². The van der Waals surface area contributed by atoms with Gasteiger partial charge in [0, 0.05) is 24.0 Å². The number of carbonyl (C=O) groups is 3. The predicted molar refractivity (Wildman–Crippen MR) is 82.0 cm³/mol. The summed E-state index contributed by atoms with van der Waals surface area (Å²) < 4.78 is 10.1. The Hall–Kier alpha value is -2.17. The van der Waals surface area contributed by atoms with Crippen molar-refractivity contribution in [2.24, 2.45) is 5.41 Å². The van der Waals surface area contributed by atoms with E-state index in [4.69, 9.17) is 9.47 Å². The maximum atomic E-state index is 11.9. The van der Waals surface area contributed by atoms with Crippen LogP contribution in [-0.4, -0.2) is 30.9 Å². The molecule has 1 aliphatic rings. The minimum atomic E-state index is -0.684. The van der Waals surface area contributed by atoms with Gasteiger partial charge in [0.2, 0.25) is 0 Å². The van der Waals surface area contributed by atoms with Crippen molar-refractivity contribution in [1.82, 2.24) is 0 Å². The highest BCUT2D eigenvalue weighted by Crippen LogP contribution is 2.35. The third kappa shape index (κ3) is 4.69. The first kappa shape index (κ1) is 17.9. The average Bonchev–Trinajstić information content (AvgIpc) is 2.41. The van der Waals surface area contributed by atoms with Crippen molar-refractivity contribution in [3.63, 3.8) is 0 Å². The molecule has 1 rings (SSSR count). The van der Waals surface area contributed by atoms with Crippen LogP contribution in [-0.2, 0) is 23.9 Å². The van der Waals surface area contributed by atoms with Crippen molar-refractivity contribution in [2.75, 3.05) is 6.61 Å². The molecule has 0 bridgehead atoms. The molecule has 22 heavy (non-hydrogen) atoms. The molecule has 0 saturated carbocycles. The summed E-state index contributed by atoms with van der Waals surface area (Å²) in [6, 6.07) is 0. The molecule has 0 aromatic carbocycles. The van der Waals surface area contributed by atoms with Crippen LogP contribution in [0.25, 0.3) is 0 Å². The van der Waals surface area contributed by atoms with Crippen molar-refractivity contribution in [1.29, 1.82) is 0 Å². The second-order valence-electron chi connectivity index (χ2n) is 5.91. The Kier molecular flexibility index (Phi) is 5.85. The van der Waals surface area contributed by atoms with Crippen LogP contribution in [0, 0.1) is 5.41 Å². The number of aldehydes is 1. The number of hydrogen-bond donors (Lipinski definition) is 0. The lowest BCUT2D eigenvalue weighted by Gasteiger charge is -2.30. The SMILES string of the molecule is CC(=O)OCC(C)=CC(=O)O[C@H]1C=CC(C)(C)C(C)=C1C=O. The van der Waals surface area contributed by atoms with Gasteiger partial charge in [-0.2, -0.15) is 0 Å². The molecule has 0 amide bonds. The fourth-order valence-corrected chi connectivity index (χ4v) is 2.02. The van der Waals surface area contributed by atoms with Crippen LogP contribution >= 0.6 is 0 Å². The van der Waals surface area contributed by atoms with Crippen molar-refractivity contribution in [2.45, 2.75) is 40.7 Å². The molecular weight excluding hydrogens is 284 g/mol. The zero-order valence-corrected chi connectivity index (χ0v) is 13.6. The first-order valence-corrected chi connectivity index (χ1v) is 7.04. The van der Waals surface area contributed by atoms with Crippen molar-refractivity contribution in [3.8, 4) is 0 Å². The van der Waals surface area contributed by atoms with Gasteiger partial charge in [0.15, 0.2) is 0 Å². The molecule has 0 aromatic heterocycles. The average molecular weight is 306 g/mol. The van der Waals surface area contributed by atoms with Gasteiger partial charge in [-0.15, -0.1) is 0 Å². The molecule has 5 nitrogen and oxygen atoms in total. The summed E-state index contributed by atoms with van der Waals surface area (Å²) in [5.41, 5.74) is 1.67. The van der Waals surface area contributed by atoms with E-state index in [0.29, 0.717) is 11.1 Å². The largest absolute Gasteiger partial charge is 0.461 e. The van der Waals surface area contributed by atoms with Crippen LogP contribution in [0.2, 0.25) is 0 Å². The Morgan fingerprint density at radius 3 is 2.50 bits per heavy atom. The zero-order chi connectivity index (χ0) is 16.9. The summed E-state index contributed by atoms with van der Waals surface area (Å²) in [7, 11) is 0. The normalized spacial score (nSPS) is 20.6. The Morgan fingerprint density at radius 1 is 1.32 bits per heavy atom. The molecule has 120 valence electrons. The van der Waals surface area contributed by atoms with E-state index in [9.17, 15) is 14.4 Å². The molecule has 0 unspecified atom stereocenters. The van der Waals surface area contributed by atoms with Gasteiger partial charge in [-0.3, -0.25) is 9.59 Å². The van der Waals surface area contributed by atoms with Crippen molar-refractivity contribution in [3.05, 3.63) is 34.9 Å². The number of rotatable bonds is 5. The number of allylic oxidation sites excluding steroid dienone is 2. The third-order valence-corrected chi connectivity index (χ3v) is 3.63. The van der Waals surface area contributed by atoms with Gasteiger partial charge in [0.1, 0.15) is 19.0 Å². The topological polar surface area (TPSA) is 69.7 Å². The van der Waals surface area contributed by atoms with Gasteiger partial charge in [-0.05, 0) is 25.5 Å². The fraction of sp³-hybridized carbons (Fsp3) is 0.471. The van der Waals surface area contributed by atoms with E-state index < -0.39 is 18.0 Å². The molecule has 0 aromatic rings. The smallest absolute Gasteiger partial charge is 0.331 e. The predicted octanol–water partition coefficient (Wildman–Crippen LogP) is 2.52. The second-order valence-corrected chi connectivity index (χ2v) is 5.91. The summed E-state index contributed by atoms with van der Waals surface area (Å²) in [5.74, 6) is -0.994. The van der Waals surface area contributed by atoms with E-state index in [1.807, 2.05) is 26.8 Å². The van der Waals surface area contributed by atoms with Crippen molar-refractivity contribution < 1.29 is 23.9 Å². The highest BCUT2D eigenvalue weighted by molar-refractivity contribution is 5.85. The van der Waals surface area contributed by atoms with Crippen molar-refractivity contribution >= 4 is 18.2 Å². The maximum absolute atomic E-state index is 11.9. The first-order chi connectivity index (χ1) is 10.2. The van der Waals surface area contributed by atoms with E-state index in [-0.39, 0.29) is 12.0 Å². The van der Waals surface area contributed by atoms with E-state index in [1.54, 1.807) is 13.0 Å². The first-order valence-electron chi connectivity index (χ1n) is 7.04. The highest BCUT2D eigenvalue weighted by atomic mass is 16.5. The molecule has 1 aliphatic carbocycles. The zero-order valence-electron chi connectivity index (χ0n) is 13.6. The number of carbonyl (C=O) groups excluding carboxylic acids is 3. The maximum Gasteiger partial charge on any atom is 0.331 e. The second kappa shape index (κ2) is 7.20. The summed E-state index contributed by atoms with van der Waals surface area (Å²) in [6.07, 6.45) is 4.94. The quantitative estimate of drug-likeness (QED) is 0.338. The molecule has 0 aliphatic heterocycles.